The van der Waals surface area contributed by atoms with Crippen LogP contribution in [0.5, 0.6) is 5.75 Å². The molecule has 2 aromatic carbocycles. The van der Waals surface area contributed by atoms with E-state index >= 15 is 0 Å². The summed E-state index contributed by atoms with van der Waals surface area (Å²) in [6.07, 6.45) is -3.92. The summed E-state index contributed by atoms with van der Waals surface area (Å²) >= 11 is 7.21. The average Bonchev–Trinajstić information content (AvgIpc) is 4.16. The number of carboxylic acid groups (broad SMARTS) is 2. The molecule has 6 amide bonds. The maximum Gasteiger partial charge on any atom is 0.407 e. The number of nitrogens with one attached hydrogen (secondary N) is 2. The zero-order chi connectivity index (χ0) is 55.2. The summed E-state index contributed by atoms with van der Waals surface area (Å²) in [4.78, 5) is 89.0. The zero-order valence-electron chi connectivity index (χ0n) is 42.8. The van der Waals surface area contributed by atoms with Gasteiger partial charge in [-0.3, -0.25) is 39.6 Å². The van der Waals surface area contributed by atoms with Crippen molar-refractivity contribution in [3.63, 3.8) is 0 Å². The van der Waals surface area contributed by atoms with Gasteiger partial charge in [0.25, 0.3) is 11.8 Å². The van der Waals surface area contributed by atoms with Gasteiger partial charge in [0.1, 0.15) is 83.2 Å². The van der Waals surface area contributed by atoms with E-state index in [0.29, 0.717) is 40.6 Å². The van der Waals surface area contributed by atoms with Gasteiger partial charge >= 0.3 is 12.2 Å². The van der Waals surface area contributed by atoms with E-state index in [1.54, 1.807) is 48.5 Å². The van der Waals surface area contributed by atoms with Gasteiger partial charge in [-0.2, -0.15) is 10.5 Å². The van der Waals surface area contributed by atoms with Crippen molar-refractivity contribution in [2.75, 3.05) is 25.4 Å². The predicted molar refractivity (Wildman–Crippen MR) is 274 cm³/mol. The van der Waals surface area contributed by atoms with Crippen molar-refractivity contribution in [1.29, 1.82) is 10.5 Å². The van der Waals surface area contributed by atoms with Crippen LogP contribution in [0.1, 0.15) is 97.9 Å². The molecule has 21 nitrogen and oxygen atoms in total. The number of oxazole rings is 1. The van der Waals surface area contributed by atoms with Gasteiger partial charge in [-0.1, -0.05) is 77.0 Å². The third-order valence-corrected chi connectivity index (χ3v) is 14.5. The monoisotopic (exact) mass is 1070 g/mol. The average molecular weight is 1070 g/mol. The molecule has 0 aliphatic carbocycles. The number of hydrogen-bond acceptors (Lipinski definition) is 16. The number of nitrogen functional groups attached to an aromatic ring is 1. The van der Waals surface area contributed by atoms with E-state index < -0.39 is 82.6 Å². The fourth-order valence-electron chi connectivity index (χ4n) is 9.88. The molecule has 6 N–H and O–H groups in total. The molecule has 2 saturated heterocycles. The Morgan fingerprint density at radius 3 is 1.84 bits per heavy atom. The van der Waals surface area contributed by atoms with Crippen LogP contribution >= 0.6 is 23.4 Å². The molecule has 2 aliphatic rings. The lowest BCUT2D eigenvalue weighted by atomic mass is 9.59. The molecule has 0 spiro atoms. The standard InChI is InChI=1S/C52H60ClN9O12S/c1-28(42(63)59-44(65)37-11-9-21-61(37)48(67)68)73-39(52(50(3,4)5,51(6,7)8)74-29(2)43(64)60-45(66)38-12-10-22-62(38)49(69)70)26-71-34-19-15-30(16-20-34)40-35(23-54)41(56)58-47(36(40)24-55)75-27-33-25-72-46(57-33)31-13-17-32(53)18-14-31/h13-20,25,28-29,37-39H,9-12,21-22,26-27H2,1-8H3,(H2,56,58)(H,67,68)(H,69,70)(H,59,63,65)(H,60,64,66)/t28-,29-,37-,38-,39-/m0/s1. The summed E-state index contributed by atoms with van der Waals surface area (Å²) in [5.74, 6) is -2.64. The van der Waals surface area contributed by atoms with Gasteiger partial charge in [0.15, 0.2) is 0 Å². The number of carbonyl (C=O) groups is 6. The minimum atomic E-state index is -1.61. The fourth-order valence-corrected chi connectivity index (χ4v) is 10.9. The number of rotatable bonds is 17. The van der Waals surface area contributed by atoms with Crippen molar-refractivity contribution in [2.45, 2.75) is 128 Å². The van der Waals surface area contributed by atoms with Crippen molar-refractivity contribution >= 4 is 65.0 Å². The molecule has 6 rings (SSSR count). The first-order chi connectivity index (χ1) is 35.3. The molecule has 2 fully saturated rings. The highest BCUT2D eigenvalue weighted by atomic mass is 35.5. The molecule has 0 bridgehead atoms. The van der Waals surface area contributed by atoms with Crippen LogP contribution in [0.2, 0.25) is 5.02 Å². The normalized spacial score (nSPS) is 17.1. The van der Waals surface area contributed by atoms with E-state index in [9.17, 15) is 49.5 Å². The Kier molecular flexibility index (Phi) is 17.9. The summed E-state index contributed by atoms with van der Waals surface area (Å²) in [7, 11) is 0. The minimum absolute atomic E-state index is 0.0292. The number of likely N-dealkylation sites (tertiary alicyclic amines) is 2. The van der Waals surface area contributed by atoms with Gasteiger partial charge < -0.3 is 34.6 Å². The number of nitriles is 2. The molecular weight excluding hydrogens is 1010 g/mol. The van der Waals surface area contributed by atoms with E-state index in [-0.39, 0.29) is 71.6 Å². The van der Waals surface area contributed by atoms with E-state index in [0.717, 1.165) is 9.80 Å². The molecule has 2 aliphatic heterocycles. The van der Waals surface area contributed by atoms with Gasteiger partial charge in [0.05, 0.1) is 11.3 Å². The highest BCUT2D eigenvalue weighted by Gasteiger charge is 2.60. The molecule has 2 aromatic heterocycles. The first-order valence-electron chi connectivity index (χ1n) is 24.0. The number of nitrogens with zero attached hydrogens (tertiary/aromatic N) is 6. The maximum atomic E-state index is 13.9. The number of pyridine rings is 1. The predicted octanol–water partition coefficient (Wildman–Crippen LogP) is 7.63. The number of thioether (sulfide) groups is 1. The summed E-state index contributed by atoms with van der Waals surface area (Å²) in [5.41, 5.74) is 4.73. The van der Waals surface area contributed by atoms with Crippen molar-refractivity contribution in [2.24, 2.45) is 10.8 Å². The third-order valence-electron chi connectivity index (χ3n) is 13.2. The highest BCUT2D eigenvalue weighted by molar-refractivity contribution is 7.98. The molecular formula is C52H60ClN9O12S. The fraction of sp³-hybridized carbons (Fsp3) is 0.462. The Morgan fingerprint density at radius 1 is 0.813 bits per heavy atom. The Hall–Kier alpha value is -7.24. The first kappa shape index (κ1) is 57.0. The van der Waals surface area contributed by atoms with Gasteiger partial charge in [0.2, 0.25) is 17.7 Å². The van der Waals surface area contributed by atoms with Crippen molar-refractivity contribution in [1.82, 2.24) is 30.4 Å². The van der Waals surface area contributed by atoms with Gasteiger partial charge in [0, 0.05) is 35.0 Å². The Labute approximate surface area is 443 Å². The maximum absolute atomic E-state index is 13.9. The van der Waals surface area contributed by atoms with Crippen LogP contribution in [0.3, 0.4) is 0 Å². The number of aromatic nitrogens is 2. The van der Waals surface area contributed by atoms with Crippen molar-refractivity contribution in [3.8, 4) is 40.5 Å². The number of ether oxygens (including phenoxy) is 3. The van der Waals surface area contributed by atoms with E-state index in [4.69, 9.17) is 36.0 Å². The van der Waals surface area contributed by atoms with Crippen molar-refractivity contribution < 1.29 is 57.6 Å². The summed E-state index contributed by atoms with van der Waals surface area (Å²) < 4.78 is 25.6. The van der Waals surface area contributed by atoms with E-state index in [2.05, 4.69) is 32.7 Å². The summed E-state index contributed by atoms with van der Waals surface area (Å²) in [6.45, 7) is 13.7. The van der Waals surface area contributed by atoms with Gasteiger partial charge in [-0.25, -0.2) is 19.6 Å². The van der Waals surface area contributed by atoms with E-state index in [1.165, 1.54) is 31.9 Å². The lowest BCUT2D eigenvalue weighted by molar-refractivity contribution is -0.270. The Morgan fingerprint density at radius 2 is 1.33 bits per heavy atom. The smallest absolute Gasteiger partial charge is 0.407 e. The molecule has 23 heteroatoms. The van der Waals surface area contributed by atoms with Crippen LogP contribution in [-0.2, 0) is 34.4 Å². The lowest BCUT2D eigenvalue weighted by Crippen LogP contribution is -2.67. The minimum Gasteiger partial charge on any atom is -0.491 e. The van der Waals surface area contributed by atoms with Crippen LogP contribution in [-0.4, -0.2) is 121 Å². The van der Waals surface area contributed by atoms with Gasteiger partial charge in [-0.05, 0) is 92.3 Å². The zero-order valence-corrected chi connectivity index (χ0v) is 44.3. The van der Waals surface area contributed by atoms with Crippen LogP contribution < -0.4 is 21.1 Å². The van der Waals surface area contributed by atoms with Crippen LogP contribution in [0.4, 0.5) is 15.4 Å². The summed E-state index contributed by atoms with van der Waals surface area (Å²) in [5, 5.41) is 45.6. The Bertz CT molecular complexity index is 2870. The topological polar surface area (TPSA) is 314 Å². The molecule has 75 heavy (non-hydrogen) atoms. The largest absolute Gasteiger partial charge is 0.491 e. The third kappa shape index (κ3) is 12.7. The summed E-state index contributed by atoms with van der Waals surface area (Å²) in [6, 6.07) is 15.5. The molecule has 5 atom stereocenters. The molecule has 4 aromatic rings. The van der Waals surface area contributed by atoms with Crippen LogP contribution in [0.15, 0.2) is 64.2 Å². The quantitative estimate of drug-likeness (QED) is 0.0634. The molecule has 0 radical (unpaired) electrons. The number of imide groups is 2. The van der Waals surface area contributed by atoms with Crippen LogP contribution in [0, 0.1) is 33.5 Å². The highest BCUT2D eigenvalue weighted by Crippen LogP contribution is 2.51. The number of anilines is 1. The number of carbonyl (C=O) groups excluding carboxylic acids is 4. The SMILES string of the molecule is C[C@H](O[C@@H](COc1ccc(-c2c(C#N)c(N)nc(SCc3coc(-c4ccc(Cl)cc4)n3)c2C#N)cc1)C(O[C@@H](C)C(=O)NC(=O)[C@@H]1CCCN1C(=O)O)(C(C)(C)C)C(C)(C)C)C(=O)NC(=O)[C@@H]1CCCN1C(=O)O. The number of nitrogens with two attached hydrogens (primary N) is 1. The number of benzene rings is 2. The number of hydrogen-bond donors (Lipinski definition) is 5. The lowest BCUT2D eigenvalue weighted by Gasteiger charge is -2.57. The van der Waals surface area contributed by atoms with Crippen LogP contribution in [0.25, 0.3) is 22.6 Å². The second-order valence-corrected chi connectivity index (χ2v) is 21.6. The number of amides is 6. The second kappa shape index (κ2) is 23.5. The Balaban J connectivity index is 1.30. The molecule has 398 valence electrons. The first-order valence-corrected chi connectivity index (χ1v) is 25.4. The van der Waals surface area contributed by atoms with E-state index in [1.807, 2.05) is 41.5 Å². The molecule has 0 unspecified atom stereocenters. The number of halogens is 1. The molecule has 4 heterocycles. The second-order valence-electron chi connectivity index (χ2n) is 20.2. The van der Waals surface area contributed by atoms with Gasteiger partial charge in [-0.15, -0.1) is 0 Å². The van der Waals surface area contributed by atoms with Crippen molar-refractivity contribution in [3.05, 3.63) is 76.6 Å². The molecule has 0 saturated carbocycles.